The minimum atomic E-state index is -0.840. The highest BCUT2D eigenvalue weighted by Gasteiger charge is 2.28. The van der Waals surface area contributed by atoms with Crippen molar-refractivity contribution in [3.05, 3.63) is 68.9 Å². The van der Waals surface area contributed by atoms with Gasteiger partial charge in [0.2, 0.25) is 11.7 Å². The Balaban J connectivity index is 1.46. The molecule has 1 aliphatic rings. The molecule has 5 rings (SSSR count). The van der Waals surface area contributed by atoms with Crippen LogP contribution >= 0.6 is 0 Å². The molecule has 4 aromatic rings. The number of aromatic nitrogens is 1. The van der Waals surface area contributed by atoms with Crippen LogP contribution in [0.1, 0.15) is 10.6 Å². The average Bonchev–Trinajstić information content (AvgIpc) is 3.36. The van der Waals surface area contributed by atoms with Gasteiger partial charge in [0.1, 0.15) is 17.8 Å². The number of carbonyl (C=O) groups is 2. The van der Waals surface area contributed by atoms with Gasteiger partial charge in [0.15, 0.2) is 5.58 Å². The van der Waals surface area contributed by atoms with E-state index in [1.54, 1.807) is 29.2 Å². The van der Waals surface area contributed by atoms with Crippen molar-refractivity contribution < 1.29 is 28.1 Å². The number of furan rings is 1. The minimum absolute atomic E-state index is 0.0102. The maximum absolute atomic E-state index is 13.1. The number of hydrogen-bond acceptors (Lipinski definition) is 8. The highest BCUT2D eigenvalue weighted by Crippen LogP contribution is 2.32. The summed E-state index contributed by atoms with van der Waals surface area (Å²) in [6.07, 6.45) is 0. The Morgan fingerprint density at radius 1 is 1.06 bits per heavy atom. The molecule has 1 saturated heterocycles. The molecule has 1 aliphatic heterocycles. The lowest BCUT2D eigenvalue weighted by Gasteiger charge is -2.26. The van der Waals surface area contributed by atoms with Crippen molar-refractivity contribution in [2.75, 3.05) is 31.6 Å². The van der Waals surface area contributed by atoms with E-state index < -0.39 is 23.1 Å². The zero-order chi connectivity index (χ0) is 23.8. The predicted molar refractivity (Wildman–Crippen MR) is 119 cm³/mol. The van der Waals surface area contributed by atoms with Crippen molar-refractivity contribution in [1.29, 1.82) is 0 Å². The van der Waals surface area contributed by atoms with E-state index in [0.29, 0.717) is 37.3 Å². The Labute approximate surface area is 190 Å². The van der Waals surface area contributed by atoms with Crippen LogP contribution in [0.15, 0.2) is 56.1 Å². The number of benzene rings is 2. The summed E-state index contributed by atoms with van der Waals surface area (Å²) >= 11 is 0. The second-order valence-electron chi connectivity index (χ2n) is 7.62. The number of carbonyl (C=O) groups excluding carboxylic acids is 2. The molecule has 0 radical (unpaired) electrons. The molecule has 1 N–H and O–H groups in total. The molecule has 34 heavy (non-hydrogen) atoms. The average molecular weight is 466 g/mol. The van der Waals surface area contributed by atoms with Crippen LogP contribution in [-0.4, -0.2) is 52.5 Å². The SMILES string of the molecule is O=C(Cn1c(=O)oc2cc([N+](=O)[O-])ccc21)Nc1c(C(=O)N2CCOCC2)oc2ccccc12. The van der Waals surface area contributed by atoms with E-state index in [2.05, 4.69) is 5.32 Å². The molecular formula is C22H18N4O8. The maximum atomic E-state index is 13.1. The van der Waals surface area contributed by atoms with Crippen molar-refractivity contribution in [2.24, 2.45) is 0 Å². The number of para-hydroxylation sites is 1. The second kappa shape index (κ2) is 8.48. The number of oxazole rings is 1. The first-order valence-electron chi connectivity index (χ1n) is 10.4. The van der Waals surface area contributed by atoms with Gasteiger partial charge in [-0.25, -0.2) is 4.79 Å². The Hall–Kier alpha value is -4.45. The molecule has 0 bridgehead atoms. The molecule has 0 aliphatic carbocycles. The highest BCUT2D eigenvalue weighted by molar-refractivity contribution is 6.10. The molecular weight excluding hydrogens is 448 g/mol. The summed E-state index contributed by atoms with van der Waals surface area (Å²) in [4.78, 5) is 50.3. The Bertz CT molecular complexity index is 1490. The number of morpholine rings is 1. The molecule has 1 fully saturated rings. The van der Waals surface area contributed by atoms with Crippen LogP contribution < -0.4 is 11.1 Å². The summed E-state index contributed by atoms with van der Waals surface area (Å²) in [5.74, 6) is -1.84. The van der Waals surface area contributed by atoms with Gasteiger partial charge in [-0.05, 0) is 18.2 Å². The van der Waals surface area contributed by atoms with E-state index in [-0.39, 0.29) is 34.1 Å². The molecule has 2 amide bonds. The van der Waals surface area contributed by atoms with Gasteiger partial charge in [-0.1, -0.05) is 12.1 Å². The third kappa shape index (κ3) is 3.79. The monoisotopic (exact) mass is 466 g/mol. The predicted octanol–water partition coefficient (Wildman–Crippen LogP) is 2.36. The van der Waals surface area contributed by atoms with Gasteiger partial charge in [-0.15, -0.1) is 0 Å². The number of nitro benzene ring substituents is 1. The fourth-order valence-electron chi connectivity index (χ4n) is 3.87. The van der Waals surface area contributed by atoms with Crippen molar-refractivity contribution in [2.45, 2.75) is 6.54 Å². The van der Waals surface area contributed by atoms with E-state index >= 15 is 0 Å². The summed E-state index contributed by atoms with van der Waals surface area (Å²) in [6, 6.07) is 10.6. The molecule has 2 aromatic carbocycles. The first-order chi connectivity index (χ1) is 16.4. The van der Waals surface area contributed by atoms with Crippen LogP contribution in [0.4, 0.5) is 11.4 Å². The maximum Gasteiger partial charge on any atom is 0.420 e. The van der Waals surface area contributed by atoms with E-state index in [0.717, 1.165) is 10.6 Å². The standard InChI is InChI=1S/C22H18N4O8/c27-18(12-25-15-6-5-13(26(30)31)11-17(15)34-22(25)29)23-19-14-3-1-2-4-16(14)33-20(19)21(28)24-7-9-32-10-8-24/h1-6,11H,7-10,12H2,(H,23,27). The van der Waals surface area contributed by atoms with E-state index in [4.69, 9.17) is 13.6 Å². The number of ether oxygens (including phenoxy) is 1. The first-order valence-corrected chi connectivity index (χ1v) is 10.4. The van der Waals surface area contributed by atoms with Gasteiger partial charge in [0, 0.05) is 24.5 Å². The van der Waals surface area contributed by atoms with Gasteiger partial charge < -0.3 is 23.8 Å². The highest BCUT2D eigenvalue weighted by atomic mass is 16.6. The number of nitrogens with zero attached hydrogens (tertiary/aromatic N) is 3. The van der Waals surface area contributed by atoms with Crippen LogP contribution in [0.5, 0.6) is 0 Å². The normalized spacial score (nSPS) is 13.9. The summed E-state index contributed by atoms with van der Waals surface area (Å²) in [5, 5.41) is 14.2. The van der Waals surface area contributed by atoms with Gasteiger partial charge in [0.25, 0.3) is 11.6 Å². The lowest BCUT2D eigenvalue weighted by molar-refractivity contribution is -0.384. The van der Waals surface area contributed by atoms with Gasteiger partial charge >= 0.3 is 5.76 Å². The molecule has 3 heterocycles. The molecule has 0 unspecified atom stereocenters. The van der Waals surface area contributed by atoms with Crippen molar-refractivity contribution in [3.63, 3.8) is 0 Å². The van der Waals surface area contributed by atoms with Gasteiger partial charge in [0.05, 0.1) is 29.7 Å². The minimum Gasteiger partial charge on any atom is -0.449 e. The number of nitrogens with one attached hydrogen (secondary N) is 1. The number of non-ortho nitro benzene ring substituents is 1. The zero-order valence-corrected chi connectivity index (χ0v) is 17.7. The summed E-state index contributed by atoms with van der Waals surface area (Å²) in [7, 11) is 0. The summed E-state index contributed by atoms with van der Waals surface area (Å²) in [6.45, 7) is 1.16. The second-order valence-corrected chi connectivity index (χ2v) is 7.62. The zero-order valence-electron chi connectivity index (χ0n) is 17.7. The summed E-state index contributed by atoms with van der Waals surface area (Å²) < 4.78 is 17.2. The van der Waals surface area contributed by atoms with Crippen molar-refractivity contribution in [3.8, 4) is 0 Å². The Morgan fingerprint density at radius 3 is 2.59 bits per heavy atom. The molecule has 0 spiro atoms. The van der Waals surface area contributed by atoms with E-state index in [1.807, 2.05) is 0 Å². The van der Waals surface area contributed by atoms with Crippen LogP contribution in [-0.2, 0) is 16.1 Å². The van der Waals surface area contributed by atoms with Crippen LogP contribution in [0.2, 0.25) is 0 Å². The lowest BCUT2D eigenvalue weighted by atomic mass is 10.2. The number of nitro groups is 1. The van der Waals surface area contributed by atoms with Crippen LogP contribution in [0.25, 0.3) is 22.1 Å². The molecule has 174 valence electrons. The topological polar surface area (TPSA) is 150 Å². The fraction of sp³-hybridized carbons (Fsp3) is 0.227. The Kier molecular flexibility index (Phi) is 5.34. The van der Waals surface area contributed by atoms with Crippen LogP contribution in [0.3, 0.4) is 0 Å². The largest absolute Gasteiger partial charge is 0.449 e. The Morgan fingerprint density at radius 2 is 1.82 bits per heavy atom. The fourth-order valence-corrected chi connectivity index (χ4v) is 3.87. The number of hydrogen-bond donors (Lipinski definition) is 1. The van der Waals surface area contributed by atoms with Crippen molar-refractivity contribution >= 4 is 45.3 Å². The molecule has 12 heteroatoms. The van der Waals surface area contributed by atoms with Gasteiger partial charge in [-0.3, -0.25) is 24.3 Å². The number of anilines is 1. The molecule has 2 aromatic heterocycles. The third-order valence-electron chi connectivity index (χ3n) is 5.52. The molecule has 0 atom stereocenters. The molecule has 12 nitrogen and oxygen atoms in total. The first kappa shape index (κ1) is 21.4. The lowest BCUT2D eigenvalue weighted by Crippen LogP contribution is -2.40. The molecule has 0 saturated carbocycles. The van der Waals surface area contributed by atoms with Gasteiger partial charge in [-0.2, -0.15) is 0 Å². The smallest absolute Gasteiger partial charge is 0.420 e. The van der Waals surface area contributed by atoms with E-state index in [9.17, 15) is 24.5 Å². The van der Waals surface area contributed by atoms with Crippen LogP contribution in [0, 0.1) is 10.1 Å². The third-order valence-corrected chi connectivity index (χ3v) is 5.52. The summed E-state index contributed by atoms with van der Waals surface area (Å²) in [5.41, 5.74) is 0.603. The number of fused-ring (bicyclic) bond motifs is 2. The number of amides is 2. The van der Waals surface area contributed by atoms with Crippen molar-refractivity contribution in [1.82, 2.24) is 9.47 Å². The quantitative estimate of drug-likeness (QED) is 0.348. The van der Waals surface area contributed by atoms with E-state index in [1.165, 1.54) is 12.1 Å². The number of rotatable bonds is 5.